The number of hydrogen-bond acceptors (Lipinski definition) is 4. The maximum Gasteiger partial charge on any atom is 0.255 e. The molecule has 0 radical (unpaired) electrons. The molecule has 0 bridgehead atoms. The minimum atomic E-state index is -3.50. The third-order valence-corrected chi connectivity index (χ3v) is 5.71. The van der Waals surface area contributed by atoms with Crippen LogP contribution in [-0.2, 0) is 21.2 Å². The van der Waals surface area contributed by atoms with Crippen LogP contribution in [-0.4, -0.2) is 38.6 Å². The maximum absolute atomic E-state index is 12.3. The van der Waals surface area contributed by atoms with Gasteiger partial charge in [0.15, 0.2) is 0 Å². The molecule has 7 nitrogen and oxygen atoms in total. The summed E-state index contributed by atoms with van der Waals surface area (Å²) < 4.78 is 25.2. The standard InChI is InChI=1S/C17H17N3O4S/c1-20(2)25(23,24)14-6-4-13(5-7-14)18-17(22)11-3-8-15-12(9-11)10-16(21)19-15/h3-9H,10H2,1-2H3,(H,18,22)(H,19,21). The van der Waals surface area contributed by atoms with Gasteiger partial charge in [-0.2, -0.15) is 0 Å². The van der Waals surface area contributed by atoms with Gasteiger partial charge in [0.1, 0.15) is 0 Å². The molecule has 130 valence electrons. The summed E-state index contributed by atoms with van der Waals surface area (Å²) in [7, 11) is -0.591. The summed E-state index contributed by atoms with van der Waals surface area (Å²) in [6.45, 7) is 0. The summed E-state index contributed by atoms with van der Waals surface area (Å²) >= 11 is 0. The molecule has 0 aliphatic carbocycles. The van der Waals surface area contributed by atoms with Gasteiger partial charge in [-0.05, 0) is 48.0 Å². The van der Waals surface area contributed by atoms with E-state index in [1.54, 1.807) is 18.2 Å². The van der Waals surface area contributed by atoms with Crippen molar-refractivity contribution in [3.8, 4) is 0 Å². The molecule has 0 saturated carbocycles. The van der Waals surface area contributed by atoms with Crippen molar-refractivity contribution in [2.24, 2.45) is 0 Å². The molecule has 2 amide bonds. The monoisotopic (exact) mass is 359 g/mol. The van der Waals surface area contributed by atoms with Crippen LogP contribution in [0.1, 0.15) is 15.9 Å². The second-order valence-corrected chi connectivity index (χ2v) is 8.01. The van der Waals surface area contributed by atoms with Crippen molar-refractivity contribution < 1.29 is 18.0 Å². The predicted molar refractivity (Wildman–Crippen MR) is 94.0 cm³/mol. The molecular formula is C17H17N3O4S. The molecule has 0 spiro atoms. The molecule has 1 aliphatic heterocycles. The number of carbonyl (C=O) groups excluding carboxylic acids is 2. The highest BCUT2D eigenvalue weighted by Crippen LogP contribution is 2.24. The minimum Gasteiger partial charge on any atom is -0.326 e. The van der Waals surface area contributed by atoms with E-state index in [0.717, 1.165) is 15.6 Å². The average Bonchev–Trinajstić information content (AvgIpc) is 2.94. The summed E-state index contributed by atoms with van der Waals surface area (Å²) in [4.78, 5) is 23.9. The highest BCUT2D eigenvalue weighted by Gasteiger charge is 2.20. The number of nitrogens with one attached hydrogen (secondary N) is 2. The number of hydrogen-bond donors (Lipinski definition) is 2. The van der Waals surface area contributed by atoms with Gasteiger partial charge in [0.2, 0.25) is 15.9 Å². The molecule has 3 rings (SSSR count). The van der Waals surface area contributed by atoms with Gasteiger partial charge in [-0.25, -0.2) is 12.7 Å². The van der Waals surface area contributed by atoms with Crippen LogP contribution in [0.25, 0.3) is 0 Å². The summed E-state index contributed by atoms with van der Waals surface area (Å²) in [5, 5.41) is 5.43. The zero-order valence-electron chi connectivity index (χ0n) is 13.7. The van der Waals surface area contributed by atoms with E-state index in [0.29, 0.717) is 11.3 Å². The van der Waals surface area contributed by atoms with Crippen molar-refractivity contribution in [2.45, 2.75) is 11.3 Å². The van der Waals surface area contributed by atoms with E-state index in [-0.39, 0.29) is 23.1 Å². The van der Waals surface area contributed by atoms with Crippen LogP contribution in [0.4, 0.5) is 11.4 Å². The van der Waals surface area contributed by atoms with E-state index in [4.69, 9.17) is 0 Å². The van der Waals surface area contributed by atoms with Gasteiger partial charge in [0, 0.05) is 31.0 Å². The highest BCUT2D eigenvalue weighted by molar-refractivity contribution is 7.89. The Morgan fingerprint density at radius 2 is 1.80 bits per heavy atom. The molecule has 2 N–H and O–H groups in total. The summed E-state index contributed by atoms with van der Waals surface area (Å²) in [5.41, 5.74) is 2.42. The largest absolute Gasteiger partial charge is 0.326 e. The summed E-state index contributed by atoms with van der Waals surface area (Å²) in [6, 6.07) is 11.0. The first-order valence-corrected chi connectivity index (χ1v) is 8.98. The van der Waals surface area contributed by atoms with Crippen LogP contribution in [0.3, 0.4) is 0 Å². The fraction of sp³-hybridized carbons (Fsp3) is 0.176. The van der Waals surface area contributed by atoms with Crippen LogP contribution in [0.15, 0.2) is 47.4 Å². The lowest BCUT2D eigenvalue weighted by Crippen LogP contribution is -2.22. The quantitative estimate of drug-likeness (QED) is 0.868. The zero-order valence-corrected chi connectivity index (χ0v) is 14.6. The number of amides is 2. The first-order valence-electron chi connectivity index (χ1n) is 7.54. The maximum atomic E-state index is 12.3. The molecule has 0 saturated heterocycles. The van der Waals surface area contributed by atoms with Crippen molar-refractivity contribution in [3.63, 3.8) is 0 Å². The molecule has 0 unspecified atom stereocenters. The molecule has 0 atom stereocenters. The second-order valence-electron chi connectivity index (χ2n) is 5.86. The number of anilines is 2. The third kappa shape index (κ3) is 3.40. The number of rotatable bonds is 4. The van der Waals surface area contributed by atoms with Gasteiger partial charge in [-0.1, -0.05) is 0 Å². The van der Waals surface area contributed by atoms with Crippen LogP contribution >= 0.6 is 0 Å². The average molecular weight is 359 g/mol. The number of sulfonamides is 1. The Morgan fingerprint density at radius 3 is 2.44 bits per heavy atom. The van der Waals surface area contributed by atoms with E-state index >= 15 is 0 Å². The smallest absolute Gasteiger partial charge is 0.255 e. The van der Waals surface area contributed by atoms with Crippen molar-refractivity contribution in [1.82, 2.24) is 4.31 Å². The van der Waals surface area contributed by atoms with E-state index in [1.165, 1.54) is 38.4 Å². The number of benzene rings is 2. The topological polar surface area (TPSA) is 95.6 Å². The molecule has 0 aromatic heterocycles. The van der Waals surface area contributed by atoms with Crippen molar-refractivity contribution in [1.29, 1.82) is 0 Å². The second kappa shape index (κ2) is 6.30. The van der Waals surface area contributed by atoms with E-state index < -0.39 is 10.0 Å². The first kappa shape index (κ1) is 17.1. The number of nitrogens with zero attached hydrogens (tertiary/aromatic N) is 1. The Balaban J connectivity index is 1.76. The molecule has 8 heteroatoms. The first-order chi connectivity index (χ1) is 11.8. The minimum absolute atomic E-state index is 0.0924. The molecule has 1 aliphatic rings. The molecule has 1 heterocycles. The van der Waals surface area contributed by atoms with E-state index in [1.807, 2.05) is 0 Å². The third-order valence-electron chi connectivity index (χ3n) is 3.88. The van der Waals surface area contributed by atoms with Gasteiger partial charge in [0.25, 0.3) is 5.91 Å². The molecule has 2 aromatic carbocycles. The zero-order chi connectivity index (χ0) is 18.2. The van der Waals surface area contributed by atoms with Crippen LogP contribution in [0, 0.1) is 0 Å². The van der Waals surface area contributed by atoms with Gasteiger partial charge in [-0.3, -0.25) is 9.59 Å². The van der Waals surface area contributed by atoms with Crippen LogP contribution in [0.5, 0.6) is 0 Å². The lowest BCUT2D eigenvalue weighted by molar-refractivity contribution is -0.115. The Bertz CT molecular complexity index is 950. The highest BCUT2D eigenvalue weighted by atomic mass is 32.2. The summed E-state index contributed by atoms with van der Waals surface area (Å²) in [6.07, 6.45) is 0.257. The van der Waals surface area contributed by atoms with Gasteiger partial charge in [0.05, 0.1) is 11.3 Å². The van der Waals surface area contributed by atoms with Gasteiger partial charge < -0.3 is 10.6 Å². The van der Waals surface area contributed by atoms with Crippen molar-refractivity contribution in [3.05, 3.63) is 53.6 Å². The van der Waals surface area contributed by atoms with Crippen molar-refractivity contribution >= 4 is 33.2 Å². The Labute approximate surface area is 145 Å². The molecule has 0 fully saturated rings. The lowest BCUT2D eigenvalue weighted by Gasteiger charge is -2.12. The number of fused-ring (bicyclic) bond motifs is 1. The predicted octanol–water partition coefficient (Wildman–Crippen LogP) is 1.68. The van der Waals surface area contributed by atoms with Crippen LogP contribution in [0.2, 0.25) is 0 Å². The Hall–Kier alpha value is -2.71. The fourth-order valence-electron chi connectivity index (χ4n) is 2.49. The fourth-order valence-corrected chi connectivity index (χ4v) is 3.40. The lowest BCUT2D eigenvalue weighted by atomic mass is 10.1. The van der Waals surface area contributed by atoms with Gasteiger partial charge in [-0.15, -0.1) is 0 Å². The Morgan fingerprint density at radius 1 is 1.12 bits per heavy atom. The van der Waals surface area contributed by atoms with Crippen molar-refractivity contribution in [2.75, 3.05) is 24.7 Å². The molecule has 25 heavy (non-hydrogen) atoms. The molecular weight excluding hydrogens is 342 g/mol. The van der Waals surface area contributed by atoms with E-state index in [2.05, 4.69) is 10.6 Å². The summed E-state index contributed by atoms with van der Waals surface area (Å²) in [5.74, 6) is -0.421. The van der Waals surface area contributed by atoms with Gasteiger partial charge >= 0.3 is 0 Å². The molecule has 2 aromatic rings. The van der Waals surface area contributed by atoms with E-state index in [9.17, 15) is 18.0 Å². The Kier molecular flexibility index (Phi) is 4.32. The number of carbonyl (C=O) groups is 2. The van der Waals surface area contributed by atoms with Crippen LogP contribution < -0.4 is 10.6 Å². The SMILES string of the molecule is CN(C)S(=O)(=O)c1ccc(NC(=O)c2ccc3c(c2)CC(=O)N3)cc1. The normalized spacial score (nSPS) is 13.5.